The van der Waals surface area contributed by atoms with Gasteiger partial charge in [-0.15, -0.1) is 0 Å². The van der Waals surface area contributed by atoms with Gasteiger partial charge in [-0.1, -0.05) is 12.2 Å². The molecule has 1 fully saturated rings. The standard InChI is InChI=1S/C17H17F7/c18-13-8-12(9-14(19)16(13)17(22,23)24)11-6-4-10(5-7-11)2-1-3-15(20)21/h1-2,8-11,15H,3-7H2/t10-,11-. The second-order valence-electron chi connectivity index (χ2n) is 6.02. The Hall–Kier alpha value is -1.53. The number of hydrogen-bond donors (Lipinski definition) is 0. The molecule has 1 aliphatic rings. The number of rotatable bonds is 4. The van der Waals surface area contributed by atoms with Crippen molar-refractivity contribution in [3.8, 4) is 0 Å². The predicted molar refractivity (Wildman–Crippen MR) is 75.8 cm³/mol. The van der Waals surface area contributed by atoms with Crippen molar-refractivity contribution in [2.45, 2.75) is 50.6 Å². The van der Waals surface area contributed by atoms with Crippen molar-refractivity contribution in [2.24, 2.45) is 5.92 Å². The second-order valence-corrected chi connectivity index (χ2v) is 6.02. The Morgan fingerprint density at radius 2 is 1.54 bits per heavy atom. The van der Waals surface area contributed by atoms with Gasteiger partial charge in [0.2, 0.25) is 6.43 Å². The van der Waals surface area contributed by atoms with Crippen molar-refractivity contribution in [1.82, 2.24) is 0 Å². The molecule has 134 valence electrons. The lowest BCUT2D eigenvalue weighted by Gasteiger charge is -2.27. The van der Waals surface area contributed by atoms with Crippen LogP contribution < -0.4 is 0 Å². The predicted octanol–water partition coefficient (Wildman–Crippen LogP) is 6.47. The summed E-state index contributed by atoms with van der Waals surface area (Å²) in [5.74, 6) is -3.31. The van der Waals surface area contributed by atoms with Gasteiger partial charge in [-0.2, -0.15) is 13.2 Å². The maximum Gasteiger partial charge on any atom is 0.422 e. The van der Waals surface area contributed by atoms with E-state index >= 15 is 0 Å². The molecule has 0 bridgehead atoms. The summed E-state index contributed by atoms with van der Waals surface area (Å²) in [5.41, 5.74) is -1.65. The van der Waals surface area contributed by atoms with E-state index in [1.165, 1.54) is 6.08 Å². The maximum atomic E-state index is 13.6. The van der Waals surface area contributed by atoms with E-state index in [1.807, 2.05) is 0 Å². The molecular formula is C17H17F7. The first-order chi connectivity index (χ1) is 11.2. The van der Waals surface area contributed by atoms with Gasteiger partial charge in [-0.25, -0.2) is 17.6 Å². The highest BCUT2D eigenvalue weighted by atomic mass is 19.4. The number of hydrogen-bond acceptors (Lipinski definition) is 0. The molecule has 7 heteroatoms. The Kier molecular flexibility index (Phi) is 5.93. The molecule has 1 aromatic carbocycles. The molecule has 1 aromatic rings. The lowest BCUT2D eigenvalue weighted by atomic mass is 9.78. The molecule has 0 heterocycles. The van der Waals surface area contributed by atoms with Gasteiger partial charge in [0.1, 0.15) is 17.2 Å². The molecular weight excluding hydrogens is 337 g/mol. The van der Waals surface area contributed by atoms with Gasteiger partial charge in [-0.05, 0) is 55.2 Å². The molecule has 0 aromatic heterocycles. The number of halogens is 7. The topological polar surface area (TPSA) is 0 Å². The normalized spacial score (nSPS) is 22.5. The summed E-state index contributed by atoms with van der Waals surface area (Å²) in [6.07, 6.45) is -2.24. The summed E-state index contributed by atoms with van der Waals surface area (Å²) in [6, 6.07) is 1.51. The molecule has 0 amide bonds. The molecule has 0 N–H and O–H groups in total. The molecule has 0 radical (unpaired) electrons. The van der Waals surface area contributed by atoms with Crippen molar-refractivity contribution in [3.63, 3.8) is 0 Å². The monoisotopic (exact) mass is 354 g/mol. The fraction of sp³-hybridized carbons (Fsp3) is 0.529. The number of allylic oxidation sites excluding steroid dienone is 2. The third-order valence-electron chi connectivity index (χ3n) is 4.31. The van der Waals surface area contributed by atoms with Gasteiger partial charge in [0.25, 0.3) is 0 Å². The van der Waals surface area contributed by atoms with E-state index in [4.69, 9.17) is 0 Å². The van der Waals surface area contributed by atoms with Crippen LogP contribution in [-0.2, 0) is 6.18 Å². The Bertz CT molecular complexity index is 558. The summed E-state index contributed by atoms with van der Waals surface area (Å²) in [4.78, 5) is 0. The van der Waals surface area contributed by atoms with Gasteiger partial charge in [-0.3, -0.25) is 0 Å². The average molecular weight is 354 g/mol. The van der Waals surface area contributed by atoms with Gasteiger partial charge >= 0.3 is 6.18 Å². The van der Waals surface area contributed by atoms with Crippen molar-refractivity contribution in [1.29, 1.82) is 0 Å². The SMILES string of the molecule is Fc1cc([C@H]2CC[C@H](C=CCC(F)F)CC2)cc(F)c1C(F)(F)F. The van der Waals surface area contributed by atoms with Gasteiger partial charge in [0.05, 0.1) is 0 Å². The van der Waals surface area contributed by atoms with Gasteiger partial charge < -0.3 is 0 Å². The highest BCUT2D eigenvalue weighted by Gasteiger charge is 2.38. The molecule has 0 atom stereocenters. The first-order valence-corrected chi connectivity index (χ1v) is 7.69. The van der Waals surface area contributed by atoms with Crippen LogP contribution in [0.25, 0.3) is 0 Å². The van der Waals surface area contributed by atoms with Crippen LogP contribution in [0, 0.1) is 17.6 Å². The molecule has 1 saturated carbocycles. The quantitative estimate of drug-likeness (QED) is 0.429. The zero-order valence-corrected chi connectivity index (χ0v) is 12.7. The summed E-state index contributed by atoms with van der Waals surface area (Å²) >= 11 is 0. The minimum absolute atomic E-state index is 0.115. The first-order valence-electron chi connectivity index (χ1n) is 7.69. The third-order valence-corrected chi connectivity index (χ3v) is 4.31. The minimum Gasteiger partial charge on any atom is -0.210 e. The average Bonchev–Trinajstić information content (AvgIpc) is 2.45. The Labute approximate surface area is 135 Å². The van der Waals surface area contributed by atoms with Crippen LogP contribution in [-0.4, -0.2) is 6.43 Å². The van der Waals surface area contributed by atoms with E-state index in [0.29, 0.717) is 25.7 Å². The highest BCUT2D eigenvalue weighted by Crippen LogP contribution is 2.40. The van der Waals surface area contributed by atoms with Crippen molar-refractivity contribution >= 4 is 0 Å². The Morgan fingerprint density at radius 3 is 2.00 bits per heavy atom. The molecule has 1 aliphatic carbocycles. The lowest BCUT2D eigenvalue weighted by molar-refractivity contribution is -0.142. The molecule has 2 rings (SSSR count). The van der Waals surface area contributed by atoms with Crippen LogP contribution in [0.3, 0.4) is 0 Å². The van der Waals surface area contributed by atoms with Crippen LogP contribution in [0.5, 0.6) is 0 Å². The van der Waals surface area contributed by atoms with E-state index < -0.39 is 29.8 Å². The fourth-order valence-corrected chi connectivity index (χ4v) is 3.12. The Morgan fingerprint density at radius 1 is 1.00 bits per heavy atom. The summed E-state index contributed by atoms with van der Waals surface area (Å²) in [5, 5.41) is 0. The molecule has 24 heavy (non-hydrogen) atoms. The molecule has 0 saturated heterocycles. The van der Waals surface area contributed by atoms with Gasteiger partial charge in [0.15, 0.2) is 0 Å². The highest BCUT2D eigenvalue weighted by molar-refractivity contribution is 5.30. The van der Waals surface area contributed by atoms with E-state index in [9.17, 15) is 30.7 Å². The van der Waals surface area contributed by atoms with Crippen LogP contribution in [0.4, 0.5) is 30.7 Å². The van der Waals surface area contributed by atoms with E-state index in [-0.39, 0.29) is 23.8 Å². The summed E-state index contributed by atoms with van der Waals surface area (Å²) in [6.45, 7) is 0. The molecule has 0 aliphatic heterocycles. The first kappa shape index (κ1) is 18.8. The van der Waals surface area contributed by atoms with E-state index in [2.05, 4.69) is 0 Å². The third kappa shape index (κ3) is 4.74. The largest absolute Gasteiger partial charge is 0.422 e. The smallest absolute Gasteiger partial charge is 0.210 e. The zero-order valence-electron chi connectivity index (χ0n) is 12.7. The van der Waals surface area contributed by atoms with Crippen LogP contribution in [0.1, 0.15) is 49.1 Å². The summed E-state index contributed by atoms with van der Waals surface area (Å²) < 4.78 is 89.1. The number of alkyl halides is 5. The van der Waals surface area contributed by atoms with E-state index in [0.717, 1.165) is 12.1 Å². The molecule has 0 unspecified atom stereocenters. The maximum absolute atomic E-state index is 13.6. The Balaban J connectivity index is 2.03. The minimum atomic E-state index is -5.07. The van der Waals surface area contributed by atoms with Gasteiger partial charge in [0, 0.05) is 6.42 Å². The van der Waals surface area contributed by atoms with Crippen LogP contribution in [0.15, 0.2) is 24.3 Å². The molecule has 0 spiro atoms. The van der Waals surface area contributed by atoms with E-state index in [1.54, 1.807) is 6.08 Å². The lowest BCUT2D eigenvalue weighted by Crippen LogP contribution is -2.15. The van der Waals surface area contributed by atoms with Crippen molar-refractivity contribution in [2.75, 3.05) is 0 Å². The molecule has 0 nitrogen and oxygen atoms in total. The van der Waals surface area contributed by atoms with Crippen LogP contribution >= 0.6 is 0 Å². The van der Waals surface area contributed by atoms with Crippen molar-refractivity contribution < 1.29 is 30.7 Å². The fourth-order valence-electron chi connectivity index (χ4n) is 3.12. The zero-order chi connectivity index (χ0) is 17.9. The van der Waals surface area contributed by atoms with Crippen LogP contribution in [0.2, 0.25) is 0 Å². The van der Waals surface area contributed by atoms with Crippen molar-refractivity contribution in [3.05, 3.63) is 47.0 Å². The second kappa shape index (κ2) is 7.57. The summed E-state index contributed by atoms with van der Waals surface area (Å²) in [7, 11) is 0. The number of benzene rings is 1.